The summed E-state index contributed by atoms with van der Waals surface area (Å²) in [5, 5.41) is 0. The van der Waals surface area contributed by atoms with Crippen LogP contribution in [-0.4, -0.2) is 13.4 Å². The summed E-state index contributed by atoms with van der Waals surface area (Å²) >= 11 is 0.253. The van der Waals surface area contributed by atoms with Crippen molar-refractivity contribution in [3.63, 3.8) is 0 Å². The molecule has 87 heavy (non-hydrogen) atoms. The molecule has 0 N–H and O–H groups in total. The van der Waals surface area contributed by atoms with E-state index in [9.17, 15) is 37.0 Å². The van der Waals surface area contributed by atoms with Gasteiger partial charge in [0, 0.05) is 83.6 Å². The van der Waals surface area contributed by atoms with Crippen molar-refractivity contribution in [1.82, 2.24) is 0 Å². The van der Waals surface area contributed by atoms with Gasteiger partial charge in [0.2, 0.25) is 6.71 Å². The Hall–Kier alpha value is -10.7. The Morgan fingerprint density at radius 1 is 0.333 bits per heavy atom. The highest BCUT2D eigenvalue weighted by molar-refractivity contribution is 8.00. The van der Waals surface area contributed by atoms with Crippen LogP contribution in [0.1, 0.15) is 63.1 Å². The quantitative estimate of drug-likeness (QED) is 0.126. The van der Waals surface area contributed by atoms with Gasteiger partial charge in [-0.15, -0.1) is 0 Å². The molecule has 0 spiro atoms. The van der Waals surface area contributed by atoms with Gasteiger partial charge in [-0.3, -0.25) is 0 Å². The van der Waals surface area contributed by atoms with E-state index in [1.807, 2.05) is 0 Å². The molecule has 5 nitrogen and oxygen atoms in total. The van der Waals surface area contributed by atoms with Gasteiger partial charge in [-0.1, -0.05) is 217 Å². The van der Waals surface area contributed by atoms with E-state index in [0.29, 0.717) is 25.7 Å². The number of fused-ring (bicyclic) bond motifs is 8. The monoisotopic (exact) mass is 1180 g/mol. The summed E-state index contributed by atoms with van der Waals surface area (Å²) < 4.78 is 456. The van der Waals surface area contributed by atoms with Crippen molar-refractivity contribution >= 4 is 143 Å². The van der Waals surface area contributed by atoms with E-state index < -0.39 is 431 Å². The normalized spacial score (nSPS) is 20.4. The largest absolute Gasteiger partial charge is 0.311 e. The van der Waals surface area contributed by atoms with Crippen LogP contribution in [0.4, 0.5) is 89.7 Å². The van der Waals surface area contributed by atoms with Crippen LogP contribution in [0.3, 0.4) is 0 Å². The number of hydrogen-bond donors (Lipinski definition) is 0. The number of hydrogen-bond acceptors (Lipinski definition) is 6. The lowest BCUT2D eigenvalue weighted by molar-refractivity contribution is 0.606. The number of benzene rings is 13. The van der Waals surface area contributed by atoms with Crippen molar-refractivity contribution in [3.8, 4) is 11.1 Å². The van der Waals surface area contributed by atoms with Gasteiger partial charge in [0.1, 0.15) is 0 Å². The molecule has 13 aromatic carbocycles. The van der Waals surface area contributed by atoms with Crippen molar-refractivity contribution in [2.45, 2.75) is 9.79 Å². The van der Waals surface area contributed by atoms with Gasteiger partial charge in [-0.2, -0.15) is 0 Å². The molecule has 0 amide bonds. The summed E-state index contributed by atoms with van der Waals surface area (Å²) in [6.07, 6.45) is 0. The highest BCUT2D eigenvalue weighted by atomic mass is 32.2. The second-order valence-corrected chi connectivity index (χ2v) is 20.2. The van der Waals surface area contributed by atoms with E-state index in [1.54, 1.807) is 0 Å². The predicted molar refractivity (Wildman–Crippen MR) is 365 cm³/mol. The first-order valence-electron chi connectivity index (χ1n) is 48.9. The third-order valence-corrected chi connectivity index (χ3v) is 15.9. The van der Waals surface area contributed by atoms with Gasteiger partial charge in [-0.05, 0) is 148 Å². The zero-order valence-electron chi connectivity index (χ0n) is 89.6. The molecule has 0 unspecified atom stereocenters. The Labute approximate surface area is 575 Å². The van der Waals surface area contributed by atoms with Gasteiger partial charge < -0.3 is 24.5 Å². The van der Waals surface area contributed by atoms with Crippen LogP contribution in [-0.2, 0) is 0 Å². The second kappa shape index (κ2) is 20.8. The van der Waals surface area contributed by atoms with Crippen molar-refractivity contribution < 1.29 is 67.4 Å². The van der Waals surface area contributed by atoms with Crippen LogP contribution in [0.15, 0.2) is 324 Å². The third kappa shape index (κ3) is 8.18. The molecule has 0 radical (unpaired) electrons. The lowest BCUT2D eigenvalue weighted by Crippen LogP contribution is -2.65. The Morgan fingerprint density at radius 2 is 0.724 bits per heavy atom. The summed E-state index contributed by atoms with van der Waals surface area (Å²) in [4.78, 5) is 1.84. The zero-order valence-corrected chi connectivity index (χ0v) is 44.5. The molecule has 0 fully saturated rings. The van der Waals surface area contributed by atoms with Crippen molar-refractivity contribution in [1.29, 1.82) is 0 Å². The van der Waals surface area contributed by atoms with Crippen molar-refractivity contribution in [2.75, 3.05) is 24.5 Å². The summed E-state index contributed by atoms with van der Waals surface area (Å²) in [5.74, 6) is -1.76. The molecule has 0 atom stereocenters. The summed E-state index contributed by atoms with van der Waals surface area (Å²) in [6.45, 7) is -4.46. The minimum absolute atomic E-state index is 0.253. The number of para-hydroxylation sites is 9. The van der Waals surface area contributed by atoms with Gasteiger partial charge in [0.05, 0.1) is 80.1 Å². The van der Waals surface area contributed by atoms with Gasteiger partial charge in [-0.25, -0.2) is 4.39 Å². The first-order valence-corrected chi connectivity index (χ1v) is 26.7. The highest BCUT2D eigenvalue weighted by Gasteiger charge is 2.49. The molecule has 17 rings (SSSR count). The van der Waals surface area contributed by atoms with Crippen LogP contribution in [0.2, 0.25) is 0 Å². The van der Waals surface area contributed by atoms with Crippen LogP contribution in [0.5, 0.6) is 0 Å². The van der Waals surface area contributed by atoms with Gasteiger partial charge >= 0.3 is 0 Å². The van der Waals surface area contributed by atoms with Crippen LogP contribution in [0, 0.1) is 5.82 Å². The van der Waals surface area contributed by atoms with Crippen LogP contribution >= 0.6 is 11.8 Å². The van der Waals surface area contributed by atoms with E-state index in [1.165, 1.54) is 0 Å². The molecule has 0 aliphatic carbocycles. The van der Waals surface area contributed by atoms with E-state index >= 15 is 4.39 Å². The van der Waals surface area contributed by atoms with Crippen LogP contribution in [0.25, 0.3) is 11.1 Å². The first kappa shape index (κ1) is 22.6. The molecule has 408 valence electrons. The molecule has 9 heteroatoms. The molecule has 13 aromatic rings. The first-order chi connectivity index (χ1) is 62.2. The average molecular weight is 1180 g/mol. The summed E-state index contributed by atoms with van der Waals surface area (Å²) in [7, 11) is 0. The molecule has 4 aliphatic heterocycles. The van der Waals surface area contributed by atoms with E-state index in [-0.39, 0.29) is 17.2 Å². The fourth-order valence-electron chi connectivity index (χ4n) is 11.6. The predicted octanol–water partition coefficient (Wildman–Crippen LogP) is 17.3. The maximum Gasteiger partial charge on any atom is 0.252 e. The second-order valence-electron chi connectivity index (χ2n) is 19.1. The molecule has 0 saturated carbocycles. The molecule has 0 bridgehead atoms. The van der Waals surface area contributed by atoms with Crippen molar-refractivity contribution in [3.05, 3.63) is 320 Å². The Balaban J connectivity index is 1.15. The maximum atomic E-state index is 21.9. The van der Waals surface area contributed by atoms with E-state index in [0.717, 1.165) is 35.2 Å². The number of nitrogens with zero attached hydrogens (tertiary/aromatic N) is 5. The third-order valence-electron chi connectivity index (χ3n) is 14.8. The Kier molecular flexibility index (Phi) is 5.40. The molecule has 4 heterocycles. The van der Waals surface area contributed by atoms with E-state index in [2.05, 4.69) is 0 Å². The molecule has 4 aliphatic rings. The minimum atomic E-state index is -2.31. The van der Waals surface area contributed by atoms with Crippen molar-refractivity contribution in [2.24, 2.45) is 0 Å². The SMILES string of the molecule is [2H]c1cc(-c2c([2H])c([2H])c([2H])c([2H])c2[2H])c(N2c3cc(N(c4c([2H])c([2H])c([2H])c([2H])c4[2H])c4c([2H])c([2H])c([2H])c([2H])c4[2H])cc4c3B(c3cc5c(c(F)c32)Sc2cc(N(c3c([2H])c([2H])c([2H])c([2H])c3[2H])c3c([2H])c([2H])c([2H])c([2H])c3[2H])cc3c2B5c2c([2H])c([2H])c([2H])c([2H])c2N3c2c([2H])c([2H])c([2H])c([2H])c2[2H])c2c([2H])c([2H])c([2H])c([2H])c2N4c2c([2H])c([2H])c([2H])c([2H])c2[2H])c([2H])c1[2H]. The smallest absolute Gasteiger partial charge is 0.252 e. The van der Waals surface area contributed by atoms with E-state index in [4.69, 9.17) is 26.0 Å². The van der Waals surface area contributed by atoms with Gasteiger partial charge in [0.15, 0.2) is 5.82 Å². The summed E-state index contributed by atoms with van der Waals surface area (Å²) in [6, 6.07) is -47.1. The number of halogens is 1. The average Bonchev–Trinajstić information content (AvgIpc) is 0.702. The molecular formula is C78H52B2FN5S. The van der Waals surface area contributed by atoms with Gasteiger partial charge in [0.25, 0.3) is 6.71 Å². The standard InChI is InChI=1S/C78H52B2FN5S/c81-76-77-65(52-66-78(76)87-73-51-61(83(56-34-14-4-15-35-56)57-36-16-5-17-37-57)50-72-75(73)80(66)64-44-24-27-47-69(64)85(72)59-40-20-7-21-41-59)79-63-43-23-26-46-68(63)84(58-38-18-6-19-39-58)70-48-60(82(54-30-10-2-11-31-54)55-32-12-3-13-33-55)49-71(74(70)79)86(77)67-45-25-22-42-62(67)53-28-8-1-9-29-53/h1-52H/i1D,2D,3D,4D,5D,6D,7D,8D,9D,10D,11D,12D,13D,14D,15D,16D,17D,18D,19D,20D,21D,22D,23D,24D,25D,26D,27D,28D,29D,30D,31D,32D,33D,34D,35D,36D,37D,38D,39D,40D,41D,43D,44D,45D,46D,47D. The molecular weight excluding hydrogens is 1080 g/mol. The van der Waals surface area contributed by atoms with Crippen LogP contribution < -0.4 is 57.3 Å². The lowest BCUT2D eigenvalue weighted by Gasteiger charge is -2.46. The number of rotatable bonds is 10. The number of anilines is 15. The fourth-order valence-corrected chi connectivity index (χ4v) is 12.8. The molecule has 0 saturated heterocycles. The maximum absolute atomic E-state index is 21.9. The Morgan fingerprint density at radius 3 is 1.23 bits per heavy atom. The fraction of sp³-hybridized carbons (Fsp3) is 0. The zero-order chi connectivity index (χ0) is 97.6. The Bertz CT molecular complexity index is 7330. The highest BCUT2D eigenvalue weighted by Crippen LogP contribution is 2.53. The molecule has 0 aromatic heterocycles. The lowest BCUT2D eigenvalue weighted by atomic mass is 9.31. The minimum Gasteiger partial charge on any atom is -0.311 e. The topological polar surface area (TPSA) is 16.2 Å². The summed E-state index contributed by atoms with van der Waals surface area (Å²) in [5.41, 5.74) is -19.9.